The summed E-state index contributed by atoms with van der Waals surface area (Å²) < 4.78 is 22.7. The summed E-state index contributed by atoms with van der Waals surface area (Å²) >= 11 is 0. The summed E-state index contributed by atoms with van der Waals surface area (Å²) in [6.07, 6.45) is 1.01. The first-order valence-corrected chi connectivity index (χ1v) is 9.08. The molecule has 4 atom stereocenters. The summed E-state index contributed by atoms with van der Waals surface area (Å²) in [5.74, 6) is -2.47. The van der Waals surface area contributed by atoms with Gasteiger partial charge in [-0.2, -0.15) is 4.57 Å². The fourth-order valence-corrected chi connectivity index (χ4v) is 2.99. The highest BCUT2D eigenvalue weighted by Crippen LogP contribution is 2.33. The van der Waals surface area contributed by atoms with Crippen LogP contribution in [0, 0.1) is 5.92 Å². The average molecular weight is 409 g/mol. The number of carbonyl (C=O) groups excluding carboxylic acids is 4. The van der Waals surface area contributed by atoms with Crippen molar-refractivity contribution in [3.05, 3.63) is 30.1 Å². The second-order valence-electron chi connectivity index (χ2n) is 6.66. The SMILES string of the molecule is COC(=O)CCC(=O)OC[C@H]1O[C@@H]([n+]2cccc(C(N)=O)c2)C(OC(C)=O)[C@@H]1C. The number of amides is 1. The third kappa shape index (κ3) is 5.98. The molecule has 0 saturated carbocycles. The molecule has 1 fully saturated rings. The van der Waals surface area contributed by atoms with Gasteiger partial charge in [-0.25, -0.2) is 0 Å². The Morgan fingerprint density at radius 2 is 1.90 bits per heavy atom. The standard InChI is InChI=1S/C19H24N2O8/c1-11-14(10-27-16(24)7-6-15(23)26-3)29-19(17(11)28-12(2)22)21-8-4-5-13(9-21)18(20)25/h4-5,8-9,11,14,17,19H,6-7,10H2,1-3H3,(H-,20,25)/p+1/t11-,14-,17?,19-/m1/s1. The molecule has 1 aromatic rings. The van der Waals surface area contributed by atoms with E-state index in [0.717, 1.165) is 0 Å². The van der Waals surface area contributed by atoms with Gasteiger partial charge in [-0.15, -0.1) is 0 Å². The maximum atomic E-state index is 11.8. The number of nitrogens with two attached hydrogens (primary N) is 1. The van der Waals surface area contributed by atoms with Crippen LogP contribution in [0.4, 0.5) is 0 Å². The third-order valence-electron chi connectivity index (χ3n) is 4.57. The van der Waals surface area contributed by atoms with Crippen LogP contribution >= 0.6 is 0 Å². The number of aromatic nitrogens is 1. The summed E-state index contributed by atoms with van der Waals surface area (Å²) in [5, 5.41) is 0. The van der Waals surface area contributed by atoms with Crippen LogP contribution in [-0.2, 0) is 33.3 Å². The van der Waals surface area contributed by atoms with E-state index >= 15 is 0 Å². The molecule has 0 aromatic carbocycles. The van der Waals surface area contributed by atoms with E-state index in [-0.39, 0.29) is 30.9 Å². The van der Waals surface area contributed by atoms with Crippen LogP contribution in [0.25, 0.3) is 0 Å². The highest BCUT2D eigenvalue weighted by molar-refractivity contribution is 5.92. The number of hydrogen-bond acceptors (Lipinski definition) is 8. The van der Waals surface area contributed by atoms with Gasteiger partial charge in [0.15, 0.2) is 18.5 Å². The summed E-state index contributed by atoms with van der Waals surface area (Å²) in [6, 6.07) is 3.18. The molecule has 1 aliphatic heterocycles. The van der Waals surface area contributed by atoms with E-state index in [1.54, 1.807) is 29.8 Å². The largest absolute Gasteiger partial charge is 0.469 e. The van der Waals surface area contributed by atoms with E-state index in [0.29, 0.717) is 0 Å². The number of primary amides is 1. The van der Waals surface area contributed by atoms with Gasteiger partial charge in [0, 0.05) is 18.9 Å². The number of esters is 3. The smallest absolute Gasteiger partial charge is 0.306 e. The fourth-order valence-electron chi connectivity index (χ4n) is 2.99. The Labute approximate surface area is 167 Å². The predicted octanol–water partition coefficient (Wildman–Crippen LogP) is 0.0346. The third-order valence-corrected chi connectivity index (χ3v) is 4.57. The van der Waals surface area contributed by atoms with Gasteiger partial charge in [-0.3, -0.25) is 19.2 Å². The zero-order valence-corrected chi connectivity index (χ0v) is 16.5. The minimum atomic E-state index is -0.730. The van der Waals surface area contributed by atoms with Crippen LogP contribution in [0.3, 0.4) is 0 Å². The Morgan fingerprint density at radius 3 is 2.52 bits per heavy atom. The molecule has 0 radical (unpaired) electrons. The molecule has 1 unspecified atom stereocenters. The average Bonchev–Trinajstić information content (AvgIpc) is 2.99. The zero-order chi connectivity index (χ0) is 21.6. The first-order chi connectivity index (χ1) is 13.7. The first-order valence-electron chi connectivity index (χ1n) is 9.08. The molecule has 1 saturated heterocycles. The van der Waals surface area contributed by atoms with E-state index in [1.807, 2.05) is 0 Å². The van der Waals surface area contributed by atoms with Crippen molar-refractivity contribution in [1.82, 2.24) is 0 Å². The van der Waals surface area contributed by atoms with Gasteiger partial charge in [0.1, 0.15) is 18.3 Å². The quantitative estimate of drug-likeness (QED) is 0.361. The molecule has 1 amide bonds. The van der Waals surface area contributed by atoms with Gasteiger partial charge in [-0.1, -0.05) is 6.92 Å². The van der Waals surface area contributed by atoms with E-state index in [2.05, 4.69) is 4.74 Å². The Hall–Kier alpha value is -3.01. The van der Waals surface area contributed by atoms with Crippen molar-refractivity contribution in [2.24, 2.45) is 11.7 Å². The molecule has 158 valence electrons. The number of carbonyl (C=O) groups is 4. The maximum absolute atomic E-state index is 11.8. The number of hydrogen-bond donors (Lipinski definition) is 1. The second kappa shape index (κ2) is 9.97. The van der Waals surface area contributed by atoms with Crippen molar-refractivity contribution in [1.29, 1.82) is 0 Å². The fraction of sp³-hybridized carbons (Fsp3) is 0.526. The zero-order valence-electron chi connectivity index (χ0n) is 16.5. The van der Waals surface area contributed by atoms with Crippen molar-refractivity contribution in [3.63, 3.8) is 0 Å². The van der Waals surface area contributed by atoms with Crippen molar-refractivity contribution in [2.45, 2.75) is 45.1 Å². The normalized spacial score (nSPS) is 23.3. The van der Waals surface area contributed by atoms with Crippen LogP contribution in [0.2, 0.25) is 0 Å². The van der Waals surface area contributed by atoms with Crippen LogP contribution in [0.5, 0.6) is 0 Å². The van der Waals surface area contributed by atoms with Crippen molar-refractivity contribution >= 4 is 23.8 Å². The molecule has 0 aliphatic carbocycles. The topological polar surface area (TPSA) is 135 Å². The van der Waals surface area contributed by atoms with E-state index in [1.165, 1.54) is 20.2 Å². The van der Waals surface area contributed by atoms with Crippen LogP contribution < -0.4 is 10.3 Å². The van der Waals surface area contributed by atoms with Gasteiger partial charge < -0.3 is 24.7 Å². The summed E-state index contributed by atoms with van der Waals surface area (Å²) in [6.45, 7) is 3.01. The summed E-state index contributed by atoms with van der Waals surface area (Å²) in [4.78, 5) is 46.0. The van der Waals surface area contributed by atoms with Gasteiger partial charge in [-0.05, 0) is 6.07 Å². The molecule has 2 rings (SSSR count). The minimum Gasteiger partial charge on any atom is -0.469 e. The molecule has 29 heavy (non-hydrogen) atoms. The lowest BCUT2D eigenvalue weighted by atomic mass is 10.0. The monoisotopic (exact) mass is 409 g/mol. The van der Waals surface area contributed by atoms with Gasteiger partial charge in [0.05, 0.1) is 20.0 Å². The molecule has 1 aromatic heterocycles. The number of rotatable bonds is 8. The van der Waals surface area contributed by atoms with Crippen molar-refractivity contribution in [3.8, 4) is 0 Å². The van der Waals surface area contributed by atoms with E-state index in [9.17, 15) is 19.2 Å². The molecule has 10 heteroatoms. The molecular weight excluding hydrogens is 384 g/mol. The maximum Gasteiger partial charge on any atom is 0.306 e. The first kappa shape index (κ1) is 22.3. The molecule has 0 spiro atoms. The second-order valence-corrected chi connectivity index (χ2v) is 6.66. The lowest BCUT2D eigenvalue weighted by Crippen LogP contribution is -2.46. The lowest BCUT2D eigenvalue weighted by molar-refractivity contribution is -0.765. The van der Waals surface area contributed by atoms with Gasteiger partial charge >= 0.3 is 24.1 Å². The highest BCUT2D eigenvalue weighted by atomic mass is 16.6. The molecule has 10 nitrogen and oxygen atoms in total. The van der Waals surface area contributed by atoms with E-state index < -0.39 is 42.3 Å². The van der Waals surface area contributed by atoms with E-state index in [4.69, 9.17) is 19.9 Å². The van der Waals surface area contributed by atoms with Crippen LogP contribution in [0.1, 0.15) is 43.3 Å². The Morgan fingerprint density at radius 1 is 1.21 bits per heavy atom. The predicted molar refractivity (Wildman–Crippen MR) is 96.0 cm³/mol. The molecule has 2 N–H and O–H groups in total. The number of methoxy groups -OCH3 is 1. The molecular formula is C19H25N2O8+. The van der Waals surface area contributed by atoms with Gasteiger partial charge in [0.2, 0.25) is 0 Å². The van der Waals surface area contributed by atoms with Crippen LogP contribution in [0.15, 0.2) is 24.5 Å². The Kier molecular flexibility index (Phi) is 7.66. The Balaban J connectivity index is 2.09. The number of ether oxygens (including phenoxy) is 4. The summed E-state index contributed by atoms with van der Waals surface area (Å²) in [7, 11) is 1.24. The minimum absolute atomic E-state index is 0.0779. The molecule has 2 heterocycles. The number of pyridine rings is 1. The van der Waals surface area contributed by atoms with Crippen molar-refractivity contribution < 1.29 is 42.7 Å². The van der Waals surface area contributed by atoms with Gasteiger partial charge in [0.25, 0.3) is 5.91 Å². The number of nitrogens with zero attached hydrogens (tertiary/aromatic N) is 1. The lowest BCUT2D eigenvalue weighted by Gasteiger charge is -2.17. The summed E-state index contributed by atoms with van der Waals surface area (Å²) in [5.41, 5.74) is 5.59. The highest BCUT2D eigenvalue weighted by Gasteiger charge is 2.50. The van der Waals surface area contributed by atoms with Crippen molar-refractivity contribution in [2.75, 3.05) is 13.7 Å². The molecule has 1 aliphatic rings. The molecule has 0 bridgehead atoms. The Bertz CT molecular complexity index is 781. The van der Waals surface area contributed by atoms with Crippen LogP contribution in [-0.4, -0.2) is 49.7 Å².